The number of anilines is 1. The van der Waals surface area contributed by atoms with Crippen LogP contribution in [0.1, 0.15) is 79.4 Å². The lowest BCUT2D eigenvalue weighted by Crippen LogP contribution is -2.47. The molecular weight excluding hydrogens is 667 g/mol. The van der Waals surface area contributed by atoms with Gasteiger partial charge < -0.3 is 50.6 Å². The first kappa shape index (κ1) is 41.8. The fourth-order valence-electron chi connectivity index (χ4n) is 4.51. The molecule has 1 aliphatic heterocycles. The van der Waals surface area contributed by atoms with E-state index < -0.39 is 56.4 Å². The molecule has 0 aliphatic carbocycles. The topological polar surface area (TPSA) is 251 Å². The maximum Gasteiger partial charge on any atom is 0.408 e. The number of carbonyl (C=O) groups is 2. The fraction of sp³-hybridized carbons (Fsp3) is 0.759. The summed E-state index contributed by atoms with van der Waals surface area (Å²) in [7, 11) is -2.43. The predicted molar refractivity (Wildman–Crippen MR) is 183 cm³/mol. The average molecular weight is 721 g/mol. The molecule has 2 aromatic heterocycles. The zero-order chi connectivity index (χ0) is 35.9. The van der Waals surface area contributed by atoms with Gasteiger partial charge in [0.15, 0.2) is 17.3 Å². The Kier molecular flexibility index (Phi) is 17.7. The minimum Gasteiger partial charge on any atom is -0.444 e. The van der Waals surface area contributed by atoms with Crippen LogP contribution in [0.25, 0.3) is 11.2 Å². The van der Waals surface area contributed by atoms with Crippen LogP contribution in [-0.4, -0.2) is 108 Å². The number of hydrogen-bond donors (Lipinski definition) is 7. The van der Waals surface area contributed by atoms with Crippen LogP contribution in [0, 0.1) is 0 Å². The van der Waals surface area contributed by atoms with E-state index >= 15 is 0 Å². The highest BCUT2D eigenvalue weighted by Crippen LogP contribution is 2.37. The lowest BCUT2D eigenvalue weighted by atomic mass is 10.1. The van der Waals surface area contributed by atoms with Gasteiger partial charge in [0.25, 0.3) is 8.53 Å². The molecule has 1 aliphatic rings. The molecule has 0 aromatic carbocycles. The molecule has 0 saturated carbocycles. The van der Waals surface area contributed by atoms with Gasteiger partial charge in [-0.25, -0.2) is 19.7 Å². The molecule has 0 spiro atoms. The zero-order valence-electron chi connectivity index (χ0n) is 28.6. The molecule has 5 atom stereocenters. The number of nitrogen functional groups attached to an aromatic ring is 1. The van der Waals surface area contributed by atoms with Crippen molar-refractivity contribution in [3.8, 4) is 0 Å². The normalized spacial score (nSPS) is 19.3. The lowest BCUT2D eigenvalue weighted by Gasteiger charge is -2.27. The second kappa shape index (κ2) is 20.3. The maximum atomic E-state index is 12.8. The molecule has 0 bridgehead atoms. The molecule has 2 amide bonds. The second-order valence-corrected chi connectivity index (χ2v) is 14.5. The molecule has 2 aromatic rings. The number of rotatable bonds is 17. The van der Waals surface area contributed by atoms with Gasteiger partial charge in [-0.3, -0.25) is 14.4 Å². The molecule has 19 heteroatoms. The van der Waals surface area contributed by atoms with Gasteiger partial charge in [-0.1, -0.05) is 12.8 Å². The molecule has 3 heterocycles. The molecular formula is C29H53N8O9PS. The van der Waals surface area contributed by atoms with Crippen molar-refractivity contribution in [3.05, 3.63) is 12.7 Å². The Morgan fingerprint density at radius 2 is 1.90 bits per heavy atom. The highest BCUT2D eigenvalue weighted by Gasteiger charge is 2.41. The molecule has 17 nitrogen and oxygen atoms in total. The van der Waals surface area contributed by atoms with E-state index in [1.807, 2.05) is 6.26 Å². The van der Waals surface area contributed by atoms with Crippen LogP contribution in [0.3, 0.4) is 0 Å². The number of fused-ring (bicyclic) bond motifs is 1. The summed E-state index contributed by atoms with van der Waals surface area (Å²) in [6.07, 6.45) is 6.96. The number of unbranched alkanes of at least 4 members (excludes halogenated alkanes) is 3. The van der Waals surface area contributed by atoms with Gasteiger partial charge in [0.05, 0.1) is 19.0 Å². The van der Waals surface area contributed by atoms with Gasteiger partial charge >= 0.3 is 6.09 Å². The first-order valence-electron chi connectivity index (χ1n) is 15.8. The van der Waals surface area contributed by atoms with Crippen molar-refractivity contribution in [1.82, 2.24) is 29.9 Å². The Labute approximate surface area is 287 Å². The highest BCUT2D eigenvalue weighted by atomic mass is 32.2. The smallest absolute Gasteiger partial charge is 0.408 e. The van der Waals surface area contributed by atoms with E-state index in [4.69, 9.17) is 35.3 Å². The van der Waals surface area contributed by atoms with E-state index in [0.717, 1.165) is 32.2 Å². The average Bonchev–Trinajstić information content (AvgIpc) is 3.59. The van der Waals surface area contributed by atoms with Gasteiger partial charge in [-0.15, -0.1) is 0 Å². The van der Waals surface area contributed by atoms with Crippen LogP contribution in [0.4, 0.5) is 10.6 Å². The number of imidazole rings is 1. The van der Waals surface area contributed by atoms with Crippen molar-refractivity contribution in [2.45, 2.75) is 109 Å². The maximum absolute atomic E-state index is 12.8. The third-order valence-corrected chi connectivity index (χ3v) is 8.06. The number of thioether (sulfide) groups is 1. The van der Waals surface area contributed by atoms with Crippen molar-refractivity contribution in [1.29, 1.82) is 0 Å². The molecule has 274 valence electrons. The van der Waals surface area contributed by atoms with E-state index in [9.17, 15) is 19.6 Å². The van der Waals surface area contributed by atoms with Crippen LogP contribution in [0.15, 0.2) is 12.7 Å². The largest absolute Gasteiger partial charge is 0.444 e. The zero-order valence-corrected chi connectivity index (χ0v) is 30.3. The number of hydrogen-bond acceptors (Lipinski definition) is 15. The number of aliphatic hydroxyl groups is 2. The Morgan fingerprint density at radius 3 is 2.52 bits per heavy atom. The van der Waals surface area contributed by atoms with Crippen molar-refractivity contribution in [2.75, 3.05) is 37.5 Å². The van der Waals surface area contributed by atoms with Crippen LogP contribution < -0.4 is 21.9 Å². The summed E-state index contributed by atoms with van der Waals surface area (Å²) in [6.45, 7) is 9.07. The van der Waals surface area contributed by atoms with Crippen molar-refractivity contribution in [3.63, 3.8) is 0 Å². The quantitative estimate of drug-likeness (QED) is 0.0703. The third-order valence-electron chi connectivity index (χ3n) is 6.61. The highest BCUT2D eigenvalue weighted by molar-refractivity contribution is 7.98. The number of alkyl carbamates (subject to hydrolysis) is 1. The predicted octanol–water partition coefficient (Wildman–Crippen LogP) is 2.31. The first-order chi connectivity index (χ1) is 22.6. The number of aromatic nitrogens is 4. The summed E-state index contributed by atoms with van der Waals surface area (Å²) < 4.78 is 24.4. The second-order valence-electron chi connectivity index (χ2n) is 12.5. The van der Waals surface area contributed by atoms with Gasteiger partial charge in [0.2, 0.25) is 5.91 Å². The summed E-state index contributed by atoms with van der Waals surface area (Å²) in [6, 6.07) is -0.939. The van der Waals surface area contributed by atoms with Gasteiger partial charge in [-0.2, -0.15) is 11.8 Å². The van der Waals surface area contributed by atoms with Crippen LogP contribution in [0.2, 0.25) is 0 Å². The van der Waals surface area contributed by atoms with Crippen LogP contribution in [-0.2, 0) is 23.5 Å². The molecule has 48 heavy (non-hydrogen) atoms. The van der Waals surface area contributed by atoms with Gasteiger partial charge in [-0.05, 0) is 72.4 Å². The standard InChI is InChI=1S/C23H38N7O8PS.C6H15NO/c1-22(2,3)38-21(32)28-13(7-8-40-6)20(31)29-39(34)35-10-15-14(37-23(4,5)33)9-16(36-15)30-12-27-17-18(24)25-11-26-19(17)30;7-5-3-1-2-4-6-8/h11-16,33-34H,7-10H2,1-6H3,(H,28,32)(H,29,31)(H2,24,25,26);8H,1-7H2. The first-order valence-corrected chi connectivity index (χ1v) is 18.4. The summed E-state index contributed by atoms with van der Waals surface area (Å²) in [5, 5.41) is 23.5. The van der Waals surface area contributed by atoms with Crippen LogP contribution in [0.5, 0.6) is 0 Å². The lowest BCUT2D eigenvalue weighted by molar-refractivity contribution is -0.216. The number of amides is 2. The number of carbonyl (C=O) groups excluding carboxylic acids is 2. The molecule has 0 radical (unpaired) electrons. The van der Waals surface area contributed by atoms with Crippen molar-refractivity contribution in [2.24, 2.45) is 5.73 Å². The number of nitrogens with one attached hydrogen (secondary N) is 2. The van der Waals surface area contributed by atoms with Gasteiger partial charge in [0, 0.05) is 13.0 Å². The number of ether oxygens (including phenoxy) is 3. The van der Waals surface area contributed by atoms with E-state index in [0.29, 0.717) is 36.4 Å². The van der Waals surface area contributed by atoms with E-state index in [2.05, 4.69) is 25.4 Å². The minimum atomic E-state index is -2.43. The van der Waals surface area contributed by atoms with Crippen LogP contribution >= 0.6 is 20.3 Å². The number of aliphatic hydroxyl groups excluding tert-OH is 1. The summed E-state index contributed by atoms with van der Waals surface area (Å²) in [5.74, 6) is -1.28. The number of nitrogens with zero attached hydrogens (tertiary/aromatic N) is 4. The summed E-state index contributed by atoms with van der Waals surface area (Å²) in [4.78, 5) is 48.0. The van der Waals surface area contributed by atoms with Crippen molar-refractivity contribution >= 4 is 49.3 Å². The Morgan fingerprint density at radius 1 is 1.19 bits per heavy atom. The molecule has 1 saturated heterocycles. The Hall–Kier alpha value is -2.41. The van der Waals surface area contributed by atoms with Gasteiger partial charge in [0.1, 0.15) is 35.8 Å². The molecule has 9 N–H and O–H groups in total. The Balaban J connectivity index is 0.000000886. The minimum absolute atomic E-state index is 0.168. The van der Waals surface area contributed by atoms with Crippen molar-refractivity contribution < 1.29 is 43.4 Å². The fourth-order valence-corrected chi connectivity index (χ4v) is 5.68. The molecule has 1 fully saturated rings. The monoisotopic (exact) mass is 720 g/mol. The Bertz CT molecular complexity index is 1260. The third kappa shape index (κ3) is 15.0. The SMILES string of the molecule is CSCCC(NC(=O)OC(C)(C)C)C(=O)NP(O)OCC1OC(n2cnc3c(N)ncnc32)CC1OC(C)(C)O.NCCCCCCO. The van der Waals surface area contributed by atoms with E-state index in [1.165, 1.54) is 38.3 Å². The number of nitrogens with two attached hydrogens (primary N) is 2. The summed E-state index contributed by atoms with van der Waals surface area (Å²) >= 11 is 1.51. The molecule has 5 unspecified atom stereocenters. The van der Waals surface area contributed by atoms with E-state index in [-0.39, 0.29) is 12.4 Å². The van der Waals surface area contributed by atoms with E-state index in [1.54, 1.807) is 25.3 Å². The summed E-state index contributed by atoms with van der Waals surface area (Å²) in [5.41, 5.74) is 11.3. The molecule has 3 rings (SSSR count).